The van der Waals surface area contributed by atoms with Gasteiger partial charge >= 0.3 is 5.97 Å². The van der Waals surface area contributed by atoms with Gasteiger partial charge in [-0.3, -0.25) is 0 Å². The van der Waals surface area contributed by atoms with Crippen LogP contribution in [-0.4, -0.2) is 22.6 Å². The Morgan fingerprint density at radius 1 is 1.32 bits per heavy atom. The molecule has 0 saturated heterocycles. The molecule has 0 aliphatic carbocycles. The molecule has 0 radical (unpaired) electrons. The topological polar surface area (TPSA) is 62.2 Å². The molecule has 1 heterocycles. The molecular formula is C15H16N2O2. The lowest BCUT2D eigenvalue weighted by atomic mass is 10.1. The lowest BCUT2D eigenvalue weighted by Gasteiger charge is -2.08. The third-order valence-corrected chi connectivity index (χ3v) is 2.82. The zero-order valence-corrected chi connectivity index (χ0v) is 10.8. The molecule has 4 heteroatoms. The van der Waals surface area contributed by atoms with Crippen LogP contribution in [0.25, 0.3) is 0 Å². The van der Waals surface area contributed by atoms with Gasteiger partial charge < -0.3 is 10.4 Å². The molecule has 2 N–H and O–H groups in total. The molecule has 19 heavy (non-hydrogen) atoms. The fraction of sp³-hybridized carbons (Fsp3) is 0.200. The smallest absolute Gasteiger partial charge is 0.356 e. The number of nitrogens with zero attached hydrogens (tertiary/aromatic N) is 1. The average molecular weight is 256 g/mol. The second kappa shape index (κ2) is 6.00. The SMILES string of the molecule is Cc1cccc(CCNc2cccnc2C(=O)O)c1. The summed E-state index contributed by atoms with van der Waals surface area (Å²) in [5.41, 5.74) is 3.08. The Kier molecular flexibility index (Phi) is 4.13. The minimum atomic E-state index is -1.02. The molecule has 0 fully saturated rings. The van der Waals surface area contributed by atoms with Crippen LogP contribution in [0.1, 0.15) is 21.6 Å². The van der Waals surface area contributed by atoms with Crippen LogP contribution < -0.4 is 5.32 Å². The van der Waals surface area contributed by atoms with E-state index in [9.17, 15) is 4.79 Å². The quantitative estimate of drug-likeness (QED) is 0.863. The molecule has 0 atom stereocenters. The number of carboxylic acids is 1. The lowest BCUT2D eigenvalue weighted by molar-refractivity contribution is 0.0691. The number of pyridine rings is 1. The number of aromatic carboxylic acids is 1. The van der Waals surface area contributed by atoms with E-state index in [0.29, 0.717) is 12.2 Å². The summed E-state index contributed by atoms with van der Waals surface area (Å²) >= 11 is 0. The molecule has 0 saturated carbocycles. The Morgan fingerprint density at radius 3 is 2.89 bits per heavy atom. The number of hydrogen-bond donors (Lipinski definition) is 2. The molecule has 0 aliphatic heterocycles. The van der Waals surface area contributed by atoms with Crippen molar-refractivity contribution in [1.29, 1.82) is 0 Å². The van der Waals surface area contributed by atoms with Gasteiger partial charge in [-0.25, -0.2) is 9.78 Å². The number of rotatable bonds is 5. The standard InChI is InChI=1S/C15H16N2O2/c1-11-4-2-5-12(10-11)7-9-16-13-6-3-8-17-14(13)15(18)19/h2-6,8,10,16H,7,9H2,1H3,(H,18,19). The van der Waals surface area contributed by atoms with E-state index >= 15 is 0 Å². The summed E-state index contributed by atoms with van der Waals surface area (Å²) in [7, 11) is 0. The highest BCUT2D eigenvalue weighted by Crippen LogP contribution is 2.12. The van der Waals surface area contributed by atoms with Crippen molar-refractivity contribution in [2.24, 2.45) is 0 Å². The minimum absolute atomic E-state index is 0.0618. The first-order valence-corrected chi connectivity index (χ1v) is 6.14. The van der Waals surface area contributed by atoms with Crippen molar-refractivity contribution >= 4 is 11.7 Å². The summed E-state index contributed by atoms with van der Waals surface area (Å²) in [6.07, 6.45) is 2.32. The number of aromatic nitrogens is 1. The van der Waals surface area contributed by atoms with Crippen LogP contribution >= 0.6 is 0 Å². The number of aryl methyl sites for hydroxylation is 1. The second-order valence-corrected chi connectivity index (χ2v) is 4.37. The van der Waals surface area contributed by atoms with Crippen LogP contribution in [0, 0.1) is 6.92 Å². The third-order valence-electron chi connectivity index (χ3n) is 2.82. The van der Waals surface area contributed by atoms with Gasteiger partial charge in [-0.1, -0.05) is 29.8 Å². The number of carboxylic acid groups (broad SMARTS) is 1. The van der Waals surface area contributed by atoms with Crippen LogP contribution in [0.15, 0.2) is 42.6 Å². The number of carbonyl (C=O) groups is 1. The van der Waals surface area contributed by atoms with Crippen molar-refractivity contribution in [2.75, 3.05) is 11.9 Å². The molecule has 0 spiro atoms. The largest absolute Gasteiger partial charge is 0.476 e. The van der Waals surface area contributed by atoms with Gasteiger partial charge in [0.2, 0.25) is 0 Å². The van der Waals surface area contributed by atoms with Crippen LogP contribution in [0.3, 0.4) is 0 Å². The Bertz CT molecular complexity index is 582. The number of nitrogens with one attached hydrogen (secondary N) is 1. The maximum Gasteiger partial charge on any atom is 0.356 e. The van der Waals surface area contributed by atoms with E-state index in [4.69, 9.17) is 5.11 Å². The molecule has 0 bridgehead atoms. The van der Waals surface area contributed by atoms with Gasteiger partial charge in [-0.2, -0.15) is 0 Å². The Labute approximate surface area is 112 Å². The summed E-state index contributed by atoms with van der Waals surface area (Å²) in [6.45, 7) is 2.73. The van der Waals surface area contributed by atoms with E-state index in [-0.39, 0.29) is 5.69 Å². The van der Waals surface area contributed by atoms with E-state index in [2.05, 4.69) is 35.4 Å². The van der Waals surface area contributed by atoms with E-state index in [1.54, 1.807) is 12.1 Å². The summed E-state index contributed by atoms with van der Waals surface area (Å²) in [6, 6.07) is 11.7. The number of benzene rings is 1. The Hall–Kier alpha value is -2.36. The number of hydrogen-bond acceptors (Lipinski definition) is 3. The predicted molar refractivity (Wildman–Crippen MR) is 74.6 cm³/mol. The molecule has 1 aromatic carbocycles. The monoisotopic (exact) mass is 256 g/mol. The molecule has 0 aliphatic rings. The van der Waals surface area contributed by atoms with Gasteiger partial charge in [-0.15, -0.1) is 0 Å². The third kappa shape index (κ3) is 3.55. The van der Waals surface area contributed by atoms with Gasteiger partial charge in [-0.05, 0) is 31.0 Å². The minimum Gasteiger partial charge on any atom is -0.476 e. The van der Waals surface area contributed by atoms with E-state index in [0.717, 1.165) is 6.42 Å². The fourth-order valence-electron chi connectivity index (χ4n) is 1.93. The molecule has 2 rings (SSSR count). The molecule has 4 nitrogen and oxygen atoms in total. The molecule has 2 aromatic rings. The molecular weight excluding hydrogens is 240 g/mol. The first-order chi connectivity index (χ1) is 9.16. The highest BCUT2D eigenvalue weighted by Gasteiger charge is 2.09. The highest BCUT2D eigenvalue weighted by atomic mass is 16.4. The van der Waals surface area contributed by atoms with E-state index in [1.165, 1.54) is 17.3 Å². The second-order valence-electron chi connectivity index (χ2n) is 4.37. The summed E-state index contributed by atoms with van der Waals surface area (Å²) in [5.74, 6) is -1.02. The van der Waals surface area contributed by atoms with Crippen LogP contribution in [-0.2, 0) is 6.42 Å². The van der Waals surface area contributed by atoms with Crippen molar-refractivity contribution < 1.29 is 9.90 Å². The molecule has 1 aromatic heterocycles. The van der Waals surface area contributed by atoms with Crippen LogP contribution in [0.4, 0.5) is 5.69 Å². The summed E-state index contributed by atoms with van der Waals surface area (Å²) in [4.78, 5) is 14.9. The number of anilines is 1. The van der Waals surface area contributed by atoms with Gasteiger partial charge in [0.05, 0.1) is 5.69 Å². The van der Waals surface area contributed by atoms with Crippen molar-refractivity contribution in [3.8, 4) is 0 Å². The maximum absolute atomic E-state index is 11.0. The van der Waals surface area contributed by atoms with Gasteiger partial charge in [0.25, 0.3) is 0 Å². The molecule has 0 unspecified atom stereocenters. The highest BCUT2D eigenvalue weighted by molar-refractivity contribution is 5.91. The first kappa shape index (κ1) is 13.1. The van der Waals surface area contributed by atoms with Gasteiger partial charge in [0, 0.05) is 12.7 Å². The molecule has 98 valence electrons. The van der Waals surface area contributed by atoms with Crippen molar-refractivity contribution in [3.05, 3.63) is 59.4 Å². The van der Waals surface area contributed by atoms with Crippen molar-refractivity contribution in [1.82, 2.24) is 4.98 Å². The Morgan fingerprint density at radius 2 is 2.16 bits per heavy atom. The zero-order chi connectivity index (χ0) is 13.7. The van der Waals surface area contributed by atoms with Crippen LogP contribution in [0.5, 0.6) is 0 Å². The predicted octanol–water partition coefficient (Wildman–Crippen LogP) is 2.74. The zero-order valence-electron chi connectivity index (χ0n) is 10.8. The molecule has 0 amide bonds. The Balaban J connectivity index is 1.98. The summed E-state index contributed by atoms with van der Waals surface area (Å²) < 4.78 is 0. The first-order valence-electron chi connectivity index (χ1n) is 6.14. The van der Waals surface area contributed by atoms with Crippen LogP contribution in [0.2, 0.25) is 0 Å². The van der Waals surface area contributed by atoms with E-state index in [1.807, 2.05) is 6.07 Å². The van der Waals surface area contributed by atoms with Crippen molar-refractivity contribution in [3.63, 3.8) is 0 Å². The average Bonchev–Trinajstić information content (AvgIpc) is 2.39. The normalized spacial score (nSPS) is 10.2. The summed E-state index contributed by atoms with van der Waals surface area (Å²) in [5, 5.41) is 12.1. The van der Waals surface area contributed by atoms with Gasteiger partial charge in [0.15, 0.2) is 5.69 Å². The van der Waals surface area contributed by atoms with Crippen molar-refractivity contribution in [2.45, 2.75) is 13.3 Å². The van der Waals surface area contributed by atoms with E-state index < -0.39 is 5.97 Å². The maximum atomic E-state index is 11.0. The van der Waals surface area contributed by atoms with Gasteiger partial charge in [0.1, 0.15) is 0 Å². The lowest BCUT2D eigenvalue weighted by Crippen LogP contribution is -2.10. The fourth-order valence-corrected chi connectivity index (χ4v) is 1.93.